The van der Waals surface area contributed by atoms with Crippen LogP contribution in [-0.2, 0) is 31.0 Å². The molecule has 7 nitrogen and oxygen atoms in total. The Morgan fingerprint density at radius 1 is 1.03 bits per heavy atom. The topological polar surface area (TPSA) is 77.9 Å². The first-order chi connectivity index (χ1) is 17.6. The van der Waals surface area contributed by atoms with Crippen molar-refractivity contribution in [3.63, 3.8) is 0 Å². The molecule has 0 aliphatic carbocycles. The third-order valence-electron chi connectivity index (χ3n) is 5.84. The van der Waals surface area contributed by atoms with Gasteiger partial charge in [-0.1, -0.05) is 12.1 Å². The fourth-order valence-corrected chi connectivity index (χ4v) is 3.88. The molecule has 2 heterocycles. The lowest BCUT2D eigenvalue weighted by Crippen LogP contribution is -2.12. The Kier molecular flexibility index (Phi) is 7.31. The molecule has 0 fully saturated rings. The smallest absolute Gasteiger partial charge is 0.435 e. The van der Waals surface area contributed by atoms with E-state index in [9.17, 15) is 17.6 Å². The summed E-state index contributed by atoms with van der Waals surface area (Å²) >= 11 is 0. The summed E-state index contributed by atoms with van der Waals surface area (Å²) < 4.78 is 68.8. The van der Waals surface area contributed by atoms with Crippen LogP contribution in [0.25, 0.3) is 5.69 Å². The lowest BCUT2D eigenvalue weighted by atomic mass is 10.1. The molecular weight excluding hydrogens is 490 g/mol. The van der Waals surface area contributed by atoms with E-state index in [-0.39, 0.29) is 30.1 Å². The third kappa shape index (κ3) is 5.81. The van der Waals surface area contributed by atoms with Crippen molar-refractivity contribution in [3.05, 3.63) is 94.3 Å². The van der Waals surface area contributed by atoms with E-state index in [1.807, 2.05) is 18.2 Å². The predicted molar refractivity (Wildman–Crippen MR) is 125 cm³/mol. The van der Waals surface area contributed by atoms with Crippen LogP contribution in [0.15, 0.2) is 54.6 Å². The number of nitrogens with zero attached hydrogens (tertiary/aromatic N) is 5. The zero-order valence-electron chi connectivity index (χ0n) is 20.3. The van der Waals surface area contributed by atoms with Gasteiger partial charge in [0.15, 0.2) is 11.4 Å². The van der Waals surface area contributed by atoms with E-state index in [4.69, 9.17) is 14.7 Å². The second-order valence-electron chi connectivity index (χ2n) is 8.37. The molecule has 4 aromatic rings. The average Bonchev–Trinajstić information content (AvgIpc) is 3.46. The Morgan fingerprint density at radius 2 is 1.76 bits per heavy atom. The first-order valence-corrected chi connectivity index (χ1v) is 11.2. The number of hydrogen-bond acceptors (Lipinski definition) is 5. The molecule has 0 saturated heterocycles. The van der Waals surface area contributed by atoms with Crippen molar-refractivity contribution in [2.75, 3.05) is 7.11 Å². The number of halogens is 4. The van der Waals surface area contributed by atoms with Gasteiger partial charge in [-0.15, -0.1) is 0 Å². The molecule has 192 valence electrons. The van der Waals surface area contributed by atoms with E-state index in [2.05, 4.69) is 10.2 Å². The molecule has 1 atom stereocenters. The van der Waals surface area contributed by atoms with Gasteiger partial charge in [0.25, 0.3) is 0 Å². The van der Waals surface area contributed by atoms with E-state index in [1.165, 1.54) is 22.9 Å². The Bertz CT molecular complexity index is 1430. The quantitative estimate of drug-likeness (QED) is 0.290. The minimum atomic E-state index is -4.69. The lowest BCUT2D eigenvalue weighted by Gasteiger charge is -2.19. The number of ether oxygens (including phenoxy) is 2. The van der Waals surface area contributed by atoms with E-state index in [0.29, 0.717) is 17.0 Å². The molecule has 0 amide bonds. The van der Waals surface area contributed by atoms with Crippen molar-refractivity contribution in [1.82, 2.24) is 19.6 Å². The van der Waals surface area contributed by atoms with Crippen LogP contribution < -0.4 is 4.74 Å². The zero-order valence-corrected chi connectivity index (χ0v) is 20.3. The monoisotopic (exact) mass is 513 g/mol. The summed E-state index contributed by atoms with van der Waals surface area (Å²) in [6, 6.07) is 15.3. The van der Waals surface area contributed by atoms with Crippen LogP contribution in [0.5, 0.6) is 5.75 Å². The Hall–Kier alpha value is -4.17. The molecule has 37 heavy (non-hydrogen) atoms. The van der Waals surface area contributed by atoms with E-state index < -0.39 is 23.8 Å². The Morgan fingerprint density at radius 3 is 2.38 bits per heavy atom. The summed E-state index contributed by atoms with van der Waals surface area (Å²) in [6.45, 7) is 1.88. The van der Waals surface area contributed by atoms with Crippen molar-refractivity contribution in [2.24, 2.45) is 7.05 Å². The van der Waals surface area contributed by atoms with E-state index in [0.717, 1.165) is 22.4 Å². The van der Waals surface area contributed by atoms with Crippen LogP contribution in [0.3, 0.4) is 0 Å². The van der Waals surface area contributed by atoms with Gasteiger partial charge in [0.2, 0.25) is 0 Å². The average molecular weight is 513 g/mol. The molecule has 2 aromatic heterocycles. The molecule has 2 aromatic carbocycles. The molecule has 0 aliphatic heterocycles. The molecule has 0 unspecified atom stereocenters. The van der Waals surface area contributed by atoms with Crippen LogP contribution in [-0.4, -0.2) is 26.7 Å². The van der Waals surface area contributed by atoms with Crippen LogP contribution >= 0.6 is 0 Å². The summed E-state index contributed by atoms with van der Waals surface area (Å²) in [5.41, 5.74) is 1.17. The molecule has 0 saturated carbocycles. The van der Waals surface area contributed by atoms with Crippen LogP contribution in [0.1, 0.15) is 46.9 Å². The lowest BCUT2D eigenvalue weighted by molar-refractivity contribution is -0.141. The number of nitriles is 1. The van der Waals surface area contributed by atoms with Gasteiger partial charge in [-0.05, 0) is 55.0 Å². The number of rotatable bonds is 8. The number of methoxy groups -OCH3 is 1. The Balaban J connectivity index is 1.70. The van der Waals surface area contributed by atoms with Gasteiger partial charge < -0.3 is 9.47 Å². The third-order valence-corrected chi connectivity index (χ3v) is 5.84. The fraction of sp³-hybridized carbons (Fsp3) is 0.269. The normalized spacial score (nSPS) is 12.4. The van der Waals surface area contributed by atoms with Crippen molar-refractivity contribution >= 4 is 0 Å². The molecule has 0 aliphatic rings. The zero-order chi connectivity index (χ0) is 26.7. The number of aryl methyl sites for hydroxylation is 1. The molecule has 0 radical (unpaired) electrons. The summed E-state index contributed by atoms with van der Waals surface area (Å²) in [4.78, 5) is 0. The van der Waals surface area contributed by atoms with Crippen LogP contribution in [0.2, 0.25) is 0 Å². The highest BCUT2D eigenvalue weighted by Gasteiger charge is 2.35. The van der Waals surface area contributed by atoms with Gasteiger partial charge in [0.05, 0.1) is 31.2 Å². The minimum Gasteiger partial charge on any atom is -0.497 e. The minimum absolute atomic E-state index is 0.00611. The van der Waals surface area contributed by atoms with Crippen molar-refractivity contribution < 1.29 is 27.0 Å². The maximum Gasteiger partial charge on any atom is 0.435 e. The fourth-order valence-electron chi connectivity index (χ4n) is 3.88. The number of alkyl halides is 3. The molecule has 0 spiro atoms. The van der Waals surface area contributed by atoms with Gasteiger partial charge in [0, 0.05) is 24.7 Å². The first kappa shape index (κ1) is 25.9. The Labute approximate surface area is 210 Å². The highest BCUT2D eigenvalue weighted by molar-refractivity contribution is 5.44. The number of aromatic nitrogens is 4. The van der Waals surface area contributed by atoms with Crippen LogP contribution in [0.4, 0.5) is 17.6 Å². The first-order valence-electron chi connectivity index (χ1n) is 11.2. The van der Waals surface area contributed by atoms with E-state index >= 15 is 0 Å². The summed E-state index contributed by atoms with van der Waals surface area (Å²) in [5.74, 6) is 0.125. The van der Waals surface area contributed by atoms with Crippen molar-refractivity contribution in [2.45, 2.75) is 32.2 Å². The molecule has 11 heteroatoms. The van der Waals surface area contributed by atoms with Crippen molar-refractivity contribution in [3.8, 4) is 17.5 Å². The maximum absolute atomic E-state index is 14.3. The molecule has 0 N–H and O–H groups in total. The highest BCUT2D eigenvalue weighted by Crippen LogP contribution is 2.33. The second kappa shape index (κ2) is 10.4. The predicted octanol–water partition coefficient (Wildman–Crippen LogP) is 5.51. The second-order valence-corrected chi connectivity index (χ2v) is 8.37. The largest absolute Gasteiger partial charge is 0.497 e. The standard InChI is InChI=1S/C26H23F4N5O2/c1-16(37-15-17-4-7-22(36-3)8-5-17)23-10-18(27)6-9-24(23)35-21(13-25(33-35)26(28,29)30)12-20-11-19(14-31)32-34(20)2/h4-11,13,16H,12,15H2,1-3H3/t16-/m1/s1. The van der Waals surface area contributed by atoms with Gasteiger partial charge in [-0.3, -0.25) is 4.68 Å². The van der Waals surface area contributed by atoms with Gasteiger partial charge in [-0.2, -0.15) is 28.6 Å². The summed E-state index contributed by atoms with van der Waals surface area (Å²) in [7, 11) is 3.16. The molecule has 0 bridgehead atoms. The SMILES string of the molecule is COc1ccc(CO[C@H](C)c2cc(F)ccc2-n2nc(C(F)(F)F)cc2Cc2cc(C#N)nn2C)cc1. The van der Waals surface area contributed by atoms with Crippen LogP contribution in [0, 0.1) is 17.1 Å². The maximum atomic E-state index is 14.3. The number of hydrogen-bond donors (Lipinski definition) is 0. The summed E-state index contributed by atoms with van der Waals surface area (Å²) in [5, 5.41) is 17.0. The van der Waals surface area contributed by atoms with Crippen molar-refractivity contribution in [1.29, 1.82) is 5.26 Å². The van der Waals surface area contributed by atoms with Gasteiger partial charge in [-0.25, -0.2) is 9.07 Å². The number of benzene rings is 2. The summed E-state index contributed by atoms with van der Waals surface area (Å²) in [6.07, 6.45) is -5.37. The highest BCUT2D eigenvalue weighted by atomic mass is 19.4. The van der Waals surface area contributed by atoms with Gasteiger partial charge in [0.1, 0.15) is 17.6 Å². The molecule has 4 rings (SSSR count). The molecular formula is C26H23F4N5O2. The van der Waals surface area contributed by atoms with Gasteiger partial charge >= 0.3 is 6.18 Å². The van der Waals surface area contributed by atoms with E-state index in [1.54, 1.807) is 33.2 Å².